The van der Waals surface area contributed by atoms with Crippen molar-refractivity contribution in [3.8, 4) is 0 Å². The van der Waals surface area contributed by atoms with E-state index in [1.54, 1.807) is 13.8 Å². The van der Waals surface area contributed by atoms with Gasteiger partial charge in [-0.2, -0.15) is 13.2 Å². The standard InChI is InChI=1S/C16H16F3N/c1-11-10-13(16(17,18)19)8-9-14(11)15(2,20)12-6-4-3-5-7-12/h3-10H,20H2,1-2H3. The number of halogens is 3. The van der Waals surface area contributed by atoms with Crippen molar-refractivity contribution in [2.24, 2.45) is 5.73 Å². The van der Waals surface area contributed by atoms with Crippen LogP contribution < -0.4 is 5.73 Å². The summed E-state index contributed by atoms with van der Waals surface area (Å²) in [6, 6.07) is 13.0. The first-order chi connectivity index (χ1) is 9.23. The monoisotopic (exact) mass is 279 g/mol. The normalized spacial score (nSPS) is 14.9. The highest BCUT2D eigenvalue weighted by Crippen LogP contribution is 2.34. The van der Waals surface area contributed by atoms with E-state index < -0.39 is 17.3 Å². The van der Waals surface area contributed by atoms with Gasteiger partial charge in [-0.3, -0.25) is 0 Å². The molecule has 0 saturated heterocycles. The van der Waals surface area contributed by atoms with Crippen LogP contribution in [0.4, 0.5) is 13.2 Å². The van der Waals surface area contributed by atoms with Gasteiger partial charge in [0, 0.05) is 0 Å². The second kappa shape index (κ2) is 4.94. The van der Waals surface area contributed by atoms with Gasteiger partial charge in [-0.05, 0) is 42.7 Å². The number of aryl methyl sites for hydroxylation is 1. The third-order valence-electron chi connectivity index (χ3n) is 3.49. The van der Waals surface area contributed by atoms with Gasteiger partial charge in [0.25, 0.3) is 0 Å². The summed E-state index contributed by atoms with van der Waals surface area (Å²) in [6.07, 6.45) is -4.33. The quantitative estimate of drug-likeness (QED) is 0.874. The van der Waals surface area contributed by atoms with Crippen molar-refractivity contribution < 1.29 is 13.2 Å². The van der Waals surface area contributed by atoms with Gasteiger partial charge in [-0.15, -0.1) is 0 Å². The molecule has 0 aliphatic carbocycles. The lowest BCUT2D eigenvalue weighted by atomic mass is 9.83. The Kier molecular flexibility index (Phi) is 3.61. The van der Waals surface area contributed by atoms with E-state index in [0.29, 0.717) is 11.1 Å². The minimum Gasteiger partial charge on any atom is -0.318 e. The predicted octanol–water partition coefficient (Wildman–Crippen LogP) is 4.24. The van der Waals surface area contributed by atoms with E-state index >= 15 is 0 Å². The van der Waals surface area contributed by atoms with Crippen molar-refractivity contribution in [3.05, 3.63) is 70.8 Å². The third-order valence-corrected chi connectivity index (χ3v) is 3.49. The van der Waals surface area contributed by atoms with Crippen LogP contribution in [-0.4, -0.2) is 0 Å². The maximum atomic E-state index is 12.7. The zero-order valence-electron chi connectivity index (χ0n) is 11.3. The maximum Gasteiger partial charge on any atom is 0.416 e. The average Bonchev–Trinajstić information content (AvgIpc) is 2.38. The lowest BCUT2D eigenvalue weighted by Crippen LogP contribution is -2.35. The molecule has 2 aromatic carbocycles. The highest BCUT2D eigenvalue weighted by molar-refractivity contribution is 5.43. The van der Waals surface area contributed by atoms with Crippen LogP contribution in [0, 0.1) is 6.92 Å². The van der Waals surface area contributed by atoms with Crippen molar-refractivity contribution in [2.75, 3.05) is 0 Å². The molecule has 0 aromatic heterocycles. The van der Waals surface area contributed by atoms with Gasteiger partial charge in [0.1, 0.15) is 0 Å². The van der Waals surface area contributed by atoms with Crippen molar-refractivity contribution in [1.82, 2.24) is 0 Å². The molecule has 1 atom stereocenters. The molecular weight excluding hydrogens is 263 g/mol. The lowest BCUT2D eigenvalue weighted by molar-refractivity contribution is -0.137. The van der Waals surface area contributed by atoms with Gasteiger partial charge in [-0.1, -0.05) is 36.4 Å². The second-order valence-corrected chi connectivity index (χ2v) is 5.10. The van der Waals surface area contributed by atoms with Crippen LogP contribution in [0.5, 0.6) is 0 Å². The number of alkyl halides is 3. The van der Waals surface area contributed by atoms with E-state index in [0.717, 1.165) is 17.7 Å². The van der Waals surface area contributed by atoms with Crippen LogP contribution in [0.3, 0.4) is 0 Å². The molecule has 0 saturated carbocycles. The van der Waals surface area contributed by atoms with Crippen molar-refractivity contribution in [1.29, 1.82) is 0 Å². The minimum atomic E-state index is -4.33. The zero-order chi connectivity index (χ0) is 15.0. The smallest absolute Gasteiger partial charge is 0.318 e. The molecule has 0 aliphatic rings. The molecule has 0 bridgehead atoms. The Morgan fingerprint density at radius 1 is 0.900 bits per heavy atom. The SMILES string of the molecule is Cc1cc(C(F)(F)F)ccc1C(C)(N)c1ccccc1. The predicted molar refractivity (Wildman–Crippen MR) is 73.3 cm³/mol. The summed E-state index contributed by atoms with van der Waals surface area (Å²) in [6.45, 7) is 3.45. The van der Waals surface area contributed by atoms with Crippen molar-refractivity contribution >= 4 is 0 Å². The van der Waals surface area contributed by atoms with Crippen molar-refractivity contribution in [3.63, 3.8) is 0 Å². The number of benzene rings is 2. The summed E-state index contributed by atoms with van der Waals surface area (Å²) in [7, 11) is 0. The summed E-state index contributed by atoms with van der Waals surface area (Å²) < 4.78 is 38.1. The molecule has 1 nitrogen and oxygen atoms in total. The van der Waals surface area contributed by atoms with E-state index in [2.05, 4.69) is 0 Å². The molecule has 0 amide bonds. The second-order valence-electron chi connectivity index (χ2n) is 5.10. The van der Waals surface area contributed by atoms with Crippen LogP contribution in [-0.2, 0) is 11.7 Å². The van der Waals surface area contributed by atoms with Gasteiger partial charge in [0.2, 0.25) is 0 Å². The highest BCUT2D eigenvalue weighted by Gasteiger charge is 2.32. The van der Waals surface area contributed by atoms with Gasteiger partial charge in [-0.25, -0.2) is 0 Å². The molecule has 1 unspecified atom stereocenters. The van der Waals surface area contributed by atoms with Gasteiger partial charge in [0.05, 0.1) is 11.1 Å². The van der Waals surface area contributed by atoms with E-state index in [9.17, 15) is 13.2 Å². The number of nitrogens with two attached hydrogens (primary N) is 1. The van der Waals surface area contributed by atoms with Gasteiger partial charge < -0.3 is 5.73 Å². The number of hydrogen-bond acceptors (Lipinski definition) is 1. The van der Waals surface area contributed by atoms with Crippen LogP contribution in [0.2, 0.25) is 0 Å². The Balaban J connectivity index is 2.48. The van der Waals surface area contributed by atoms with Crippen LogP contribution in [0.1, 0.15) is 29.2 Å². The Morgan fingerprint density at radius 3 is 2.00 bits per heavy atom. The first-order valence-corrected chi connectivity index (χ1v) is 6.25. The molecule has 2 rings (SSSR count). The van der Waals surface area contributed by atoms with Crippen LogP contribution >= 0.6 is 0 Å². The lowest BCUT2D eigenvalue weighted by Gasteiger charge is -2.28. The molecule has 0 radical (unpaired) electrons. The molecule has 4 heteroatoms. The number of hydrogen-bond donors (Lipinski definition) is 1. The van der Waals surface area contributed by atoms with E-state index in [1.807, 2.05) is 30.3 Å². The minimum absolute atomic E-state index is 0.536. The molecule has 0 fully saturated rings. The summed E-state index contributed by atoms with van der Waals surface area (Å²) in [5.41, 5.74) is 6.95. The molecule has 106 valence electrons. The topological polar surface area (TPSA) is 26.0 Å². The molecule has 20 heavy (non-hydrogen) atoms. The van der Waals surface area contributed by atoms with E-state index in [-0.39, 0.29) is 0 Å². The Bertz CT molecular complexity index is 601. The third kappa shape index (κ3) is 2.70. The summed E-state index contributed by atoms with van der Waals surface area (Å²) in [5, 5.41) is 0. The molecule has 2 N–H and O–H groups in total. The Labute approximate surface area is 116 Å². The summed E-state index contributed by atoms with van der Waals surface area (Å²) >= 11 is 0. The summed E-state index contributed by atoms with van der Waals surface area (Å²) in [5.74, 6) is 0. The van der Waals surface area contributed by atoms with Crippen LogP contribution in [0.25, 0.3) is 0 Å². The number of rotatable bonds is 2. The molecule has 2 aromatic rings. The fraction of sp³-hybridized carbons (Fsp3) is 0.250. The Morgan fingerprint density at radius 2 is 1.50 bits per heavy atom. The fourth-order valence-electron chi connectivity index (χ4n) is 2.36. The largest absolute Gasteiger partial charge is 0.416 e. The fourth-order valence-corrected chi connectivity index (χ4v) is 2.36. The molecular formula is C16H16F3N. The highest BCUT2D eigenvalue weighted by atomic mass is 19.4. The van der Waals surface area contributed by atoms with E-state index in [1.165, 1.54) is 6.07 Å². The zero-order valence-corrected chi connectivity index (χ0v) is 11.3. The van der Waals surface area contributed by atoms with Crippen LogP contribution in [0.15, 0.2) is 48.5 Å². The molecule has 0 aliphatic heterocycles. The molecule has 0 spiro atoms. The van der Waals surface area contributed by atoms with E-state index in [4.69, 9.17) is 5.73 Å². The average molecular weight is 279 g/mol. The van der Waals surface area contributed by atoms with Gasteiger partial charge in [0.15, 0.2) is 0 Å². The first kappa shape index (κ1) is 14.6. The Hall–Kier alpha value is -1.81. The molecule has 0 heterocycles. The first-order valence-electron chi connectivity index (χ1n) is 6.25. The van der Waals surface area contributed by atoms with Crippen molar-refractivity contribution in [2.45, 2.75) is 25.6 Å². The summed E-state index contributed by atoms with van der Waals surface area (Å²) in [4.78, 5) is 0. The maximum absolute atomic E-state index is 12.7. The van der Waals surface area contributed by atoms with Gasteiger partial charge >= 0.3 is 6.18 Å².